The lowest BCUT2D eigenvalue weighted by Crippen LogP contribution is -2.01. The van der Waals surface area contributed by atoms with Crippen molar-refractivity contribution in [2.45, 2.75) is 23.7 Å². The first-order valence-electron chi connectivity index (χ1n) is 6.64. The molecule has 0 bridgehead atoms. The number of benzene rings is 2. The van der Waals surface area contributed by atoms with Gasteiger partial charge in [0.1, 0.15) is 5.75 Å². The Labute approximate surface area is 119 Å². The van der Waals surface area contributed by atoms with E-state index < -0.39 is 0 Å². The molecule has 0 spiro atoms. The highest BCUT2D eigenvalue weighted by molar-refractivity contribution is 7.98. The minimum Gasteiger partial charge on any atom is -0.496 e. The highest BCUT2D eigenvalue weighted by Crippen LogP contribution is 2.45. The van der Waals surface area contributed by atoms with Gasteiger partial charge in [-0.15, -0.1) is 11.8 Å². The Hall–Kier alpha value is -1.41. The number of ether oxygens (including phenoxy) is 1. The summed E-state index contributed by atoms with van der Waals surface area (Å²) in [6, 6.07) is 15.1. The standard InChI is InChI=1S/C17H18OS/c1-18-15-8-4-3-7-13(15)14-11-10-12-6-5-9-16(19-2)17(12)14/h3-9,14H,10-11H2,1-2H3. The first kappa shape index (κ1) is 12.6. The van der Waals surface area contributed by atoms with E-state index in [0.717, 1.165) is 5.75 Å². The molecule has 98 valence electrons. The van der Waals surface area contributed by atoms with Gasteiger partial charge in [-0.25, -0.2) is 0 Å². The quantitative estimate of drug-likeness (QED) is 0.760. The van der Waals surface area contributed by atoms with Gasteiger partial charge in [-0.2, -0.15) is 0 Å². The van der Waals surface area contributed by atoms with Crippen LogP contribution in [0.25, 0.3) is 0 Å². The minimum atomic E-state index is 0.481. The van der Waals surface area contributed by atoms with Gasteiger partial charge >= 0.3 is 0 Å². The van der Waals surface area contributed by atoms with Gasteiger partial charge in [0.25, 0.3) is 0 Å². The van der Waals surface area contributed by atoms with Crippen LogP contribution < -0.4 is 4.74 Å². The SMILES string of the molecule is COc1ccccc1C1CCc2cccc(SC)c21. The minimum absolute atomic E-state index is 0.481. The molecule has 1 aliphatic carbocycles. The van der Waals surface area contributed by atoms with E-state index in [2.05, 4.69) is 42.7 Å². The smallest absolute Gasteiger partial charge is 0.122 e. The van der Waals surface area contributed by atoms with E-state index in [1.165, 1.54) is 34.4 Å². The van der Waals surface area contributed by atoms with Gasteiger partial charge in [0, 0.05) is 16.4 Å². The van der Waals surface area contributed by atoms with E-state index >= 15 is 0 Å². The van der Waals surface area contributed by atoms with Crippen LogP contribution in [0.5, 0.6) is 5.75 Å². The Morgan fingerprint density at radius 1 is 1.11 bits per heavy atom. The van der Waals surface area contributed by atoms with Crippen LogP contribution in [0.15, 0.2) is 47.4 Å². The zero-order valence-corrected chi connectivity index (χ0v) is 12.2. The topological polar surface area (TPSA) is 9.23 Å². The summed E-state index contributed by atoms with van der Waals surface area (Å²) >= 11 is 1.85. The molecule has 1 aliphatic rings. The first-order chi connectivity index (χ1) is 9.35. The molecule has 1 unspecified atom stereocenters. The van der Waals surface area contributed by atoms with Gasteiger partial charge in [0.15, 0.2) is 0 Å². The Morgan fingerprint density at radius 2 is 1.95 bits per heavy atom. The maximum Gasteiger partial charge on any atom is 0.122 e. The van der Waals surface area contributed by atoms with Crippen LogP contribution in [0.3, 0.4) is 0 Å². The molecule has 2 aromatic carbocycles. The molecule has 0 aromatic heterocycles. The van der Waals surface area contributed by atoms with Crippen molar-refractivity contribution in [3.8, 4) is 5.75 Å². The average molecular weight is 270 g/mol. The molecule has 1 nitrogen and oxygen atoms in total. The van der Waals surface area contributed by atoms with Crippen molar-refractivity contribution >= 4 is 11.8 Å². The van der Waals surface area contributed by atoms with Gasteiger partial charge in [0.2, 0.25) is 0 Å². The van der Waals surface area contributed by atoms with Crippen LogP contribution in [0.1, 0.15) is 29.0 Å². The summed E-state index contributed by atoms with van der Waals surface area (Å²) < 4.78 is 5.54. The fourth-order valence-electron chi connectivity index (χ4n) is 3.09. The molecular weight excluding hydrogens is 252 g/mol. The number of rotatable bonds is 3. The number of thioether (sulfide) groups is 1. The molecule has 0 heterocycles. The highest BCUT2D eigenvalue weighted by Gasteiger charge is 2.28. The van der Waals surface area contributed by atoms with Gasteiger partial charge in [-0.05, 0) is 42.4 Å². The molecule has 2 aromatic rings. The van der Waals surface area contributed by atoms with Crippen molar-refractivity contribution in [3.63, 3.8) is 0 Å². The maximum atomic E-state index is 5.54. The van der Waals surface area contributed by atoms with Gasteiger partial charge in [0.05, 0.1) is 7.11 Å². The molecule has 0 radical (unpaired) electrons. The normalized spacial score (nSPS) is 17.3. The number of hydrogen-bond donors (Lipinski definition) is 0. The summed E-state index contributed by atoms with van der Waals surface area (Å²) in [4.78, 5) is 1.41. The monoisotopic (exact) mass is 270 g/mol. The van der Waals surface area contributed by atoms with E-state index in [4.69, 9.17) is 4.74 Å². The molecule has 0 saturated carbocycles. The molecular formula is C17H18OS. The average Bonchev–Trinajstić information content (AvgIpc) is 2.91. The first-order valence-corrected chi connectivity index (χ1v) is 7.86. The lowest BCUT2D eigenvalue weighted by molar-refractivity contribution is 0.407. The third-order valence-electron chi connectivity index (χ3n) is 3.94. The molecule has 1 atom stereocenters. The molecule has 3 rings (SSSR count). The van der Waals surface area contributed by atoms with Crippen molar-refractivity contribution in [2.24, 2.45) is 0 Å². The van der Waals surface area contributed by atoms with Crippen molar-refractivity contribution in [3.05, 3.63) is 59.2 Å². The van der Waals surface area contributed by atoms with E-state index in [1.807, 2.05) is 17.8 Å². The van der Waals surface area contributed by atoms with Crippen molar-refractivity contribution in [1.82, 2.24) is 0 Å². The van der Waals surface area contributed by atoms with Crippen LogP contribution in [-0.2, 0) is 6.42 Å². The van der Waals surface area contributed by atoms with Crippen LogP contribution >= 0.6 is 11.8 Å². The largest absolute Gasteiger partial charge is 0.496 e. The number of aryl methyl sites for hydroxylation is 1. The van der Waals surface area contributed by atoms with Crippen LogP contribution in [0, 0.1) is 0 Å². The fraction of sp³-hybridized carbons (Fsp3) is 0.294. The van der Waals surface area contributed by atoms with E-state index in [0.29, 0.717) is 5.92 Å². The van der Waals surface area contributed by atoms with Crippen molar-refractivity contribution < 1.29 is 4.74 Å². The molecule has 2 heteroatoms. The van der Waals surface area contributed by atoms with Crippen molar-refractivity contribution in [2.75, 3.05) is 13.4 Å². The molecule has 0 fully saturated rings. The lowest BCUT2D eigenvalue weighted by atomic mass is 9.92. The molecule has 0 N–H and O–H groups in total. The van der Waals surface area contributed by atoms with Crippen molar-refractivity contribution in [1.29, 1.82) is 0 Å². The Morgan fingerprint density at radius 3 is 2.74 bits per heavy atom. The number of para-hydroxylation sites is 1. The molecule has 0 amide bonds. The molecule has 19 heavy (non-hydrogen) atoms. The number of methoxy groups -OCH3 is 1. The highest BCUT2D eigenvalue weighted by atomic mass is 32.2. The summed E-state index contributed by atoms with van der Waals surface area (Å²) in [7, 11) is 1.76. The maximum absolute atomic E-state index is 5.54. The lowest BCUT2D eigenvalue weighted by Gasteiger charge is -2.18. The summed E-state index contributed by atoms with van der Waals surface area (Å²) in [5, 5.41) is 0. The predicted octanol–water partition coefficient (Wildman–Crippen LogP) is 4.50. The Balaban J connectivity index is 2.11. The second-order valence-corrected chi connectivity index (χ2v) is 5.71. The fourth-order valence-corrected chi connectivity index (χ4v) is 3.80. The van der Waals surface area contributed by atoms with Gasteiger partial charge in [-0.1, -0.05) is 30.3 Å². The summed E-state index contributed by atoms with van der Waals surface area (Å²) in [5.41, 5.74) is 4.34. The predicted molar refractivity (Wildman–Crippen MR) is 81.4 cm³/mol. The number of fused-ring (bicyclic) bond motifs is 1. The van der Waals surface area contributed by atoms with Gasteiger partial charge in [-0.3, -0.25) is 0 Å². The van der Waals surface area contributed by atoms with Crippen LogP contribution in [0.2, 0.25) is 0 Å². The zero-order valence-electron chi connectivity index (χ0n) is 11.3. The zero-order chi connectivity index (χ0) is 13.2. The van der Waals surface area contributed by atoms with Crippen LogP contribution in [0.4, 0.5) is 0 Å². The second kappa shape index (κ2) is 5.30. The Bertz CT molecular complexity index is 592. The van der Waals surface area contributed by atoms with Crippen LogP contribution in [-0.4, -0.2) is 13.4 Å². The van der Waals surface area contributed by atoms with E-state index in [1.54, 1.807) is 7.11 Å². The number of hydrogen-bond acceptors (Lipinski definition) is 2. The van der Waals surface area contributed by atoms with E-state index in [-0.39, 0.29) is 0 Å². The molecule has 0 aliphatic heterocycles. The summed E-state index contributed by atoms with van der Waals surface area (Å²) in [5.74, 6) is 1.49. The Kier molecular flexibility index (Phi) is 3.52. The second-order valence-electron chi connectivity index (χ2n) is 4.87. The third-order valence-corrected chi connectivity index (χ3v) is 4.74. The third kappa shape index (κ3) is 2.14. The van der Waals surface area contributed by atoms with E-state index in [9.17, 15) is 0 Å². The summed E-state index contributed by atoms with van der Waals surface area (Å²) in [6.45, 7) is 0. The van der Waals surface area contributed by atoms with Gasteiger partial charge < -0.3 is 4.74 Å². The molecule has 0 saturated heterocycles. The summed E-state index contributed by atoms with van der Waals surface area (Å²) in [6.07, 6.45) is 4.52.